The molecule has 2 rings (SSSR count). The highest BCUT2D eigenvalue weighted by atomic mass is 16.2. The largest absolute Gasteiger partial charge is 0.398 e. The van der Waals surface area contributed by atoms with E-state index in [0.717, 1.165) is 18.8 Å². The quantitative estimate of drug-likeness (QED) is 0.586. The fourth-order valence-corrected chi connectivity index (χ4v) is 3.09. The Morgan fingerprint density at radius 3 is 2.60 bits per heavy atom. The minimum Gasteiger partial charge on any atom is -0.398 e. The molecular formula is C18H29N5O2. The van der Waals surface area contributed by atoms with Gasteiger partial charge < -0.3 is 27.0 Å². The number of carbonyl (C=O) groups excluding carboxylic acids is 2. The lowest BCUT2D eigenvalue weighted by Gasteiger charge is -2.39. The molecule has 3 unspecified atom stereocenters. The number of benzene rings is 1. The molecule has 6 N–H and O–H groups in total. The number of piperazine rings is 1. The molecule has 1 aromatic carbocycles. The molecule has 0 aliphatic carbocycles. The average molecular weight is 347 g/mol. The first-order valence-corrected chi connectivity index (χ1v) is 8.70. The van der Waals surface area contributed by atoms with E-state index in [2.05, 4.69) is 29.4 Å². The van der Waals surface area contributed by atoms with Gasteiger partial charge in [-0.3, -0.25) is 9.59 Å². The summed E-state index contributed by atoms with van der Waals surface area (Å²) in [5.41, 5.74) is 13.1. The number of primary amides is 1. The Morgan fingerprint density at radius 1 is 1.32 bits per heavy atom. The molecule has 1 saturated heterocycles. The van der Waals surface area contributed by atoms with Crippen LogP contribution in [0.15, 0.2) is 18.2 Å². The van der Waals surface area contributed by atoms with Gasteiger partial charge in [0.05, 0.1) is 5.56 Å². The summed E-state index contributed by atoms with van der Waals surface area (Å²) in [5.74, 6) is -1.03. The lowest BCUT2D eigenvalue weighted by molar-refractivity contribution is -0.120. The van der Waals surface area contributed by atoms with Gasteiger partial charge in [0.2, 0.25) is 5.91 Å². The van der Waals surface area contributed by atoms with Crippen molar-refractivity contribution in [2.45, 2.75) is 45.8 Å². The summed E-state index contributed by atoms with van der Waals surface area (Å²) in [4.78, 5) is 26.4. The third kappa shape index (κ3) is 4.42. The van der Waals surface area contributed by atoms with Crippen molar-refractivity contribution < 1.29 is 9.59 Å². The average Bonchev–Trinajstić information content (AvgIpc) is 2.54. The molecule has 3 atom stereocenters. The van der Waals surface area contributed by atoms with Crippen LogP contribution in [0.5, 0.6) is 0 Å². The van der Waals surface area contributed by atoms with Gasteiger partial charge in [-0.2, -0.15) is 0 Å². The van der Waals surface area contributed by atoms with Gasteiger partial charge >= 0.3 is 0 Å². The molecule has 0 spiro atoms. The van der Waals surface area contributed by atoms with Gasteiger partial charge in [0.15, 0.2) is 0 Å². The Morgan fingerprint density at radius 2 is 2.00 bits per heavy atom. The van der Waals surface area contributed by atoms with Crippen molar-refractivity contribution in [1.82, 2.24) is 10.6 Å². The number of carbonyl (C=O) groups is 2. The summed E-state index contributed by atoms with van der Waals surface area (Å²) in [6.45, 7) is 9.66. The molecule has 138 valence electrons. The first kappa shape index (κ1) is 19.1. The van der Waals surface area contributed by atoms with Crippen molar-refractivity contribution >= 4 is 23.2 Å². The Kier molecular flexibility index (Phi) is 5.89. The van der Waals surface area contributed by atoms with Crippen LogP contribution in [0.25, 0.3) is 0 Å². The lowest BCUT2D eigenvalue weighted by atomic mass is 10.0. The van der Waals surface area contributed by atoms with Gasteiger partial charge in [0.25, 0.3) is 5.91 Å². The van der Waals surface area contributed by atoms with Gasteiger partial charge in [-0.1, -0.05) is 13.8 Å². The van der Waals surface area contributed by atoms with Crippen LogP contribution in [-0.4, -0.2) is 43.0 Å². The second-order valence-corrected chi connectivity index (χ2v) is 7.18. The maximum atomic E-state index is 12.6. The number of nitrogens with zero attached hydrogens (tertiary/aromatic N) is 1. The van der Waals surface area contributed by atoms with Crippen molar-refractivity contribution in [1.29, 1.82) is 0 Å². The number of hydrogen-bond donors (Lipinski definition) is 4. The van der Waals surface area contributed by atoms with Crippen LogP contribution in [0, 0.1) is 5.92 Å². The van der Waals surface area contributed by atoms with Crippen molar-refractivity contribution in [3.63, 3.8) is 0 Å². The molecular weight excluding hydrogens is 318 g/mol. The predicted molar refractivity (Wildman–Crippen MR) is 100 cm³/mol. The highest BCUT2D eigenvalue weighted by Gasteiger charge is 2.26. The van der Waals surface area contributed by atoms with Crippen molar-refractivity contribution in [3.05, 3.63) is 23.8 Å². The number of anilines is 2. The SMILES string of the molecule is CC1CN(c2ccc(N)c(C(=O)NC(C(N)=O)C(C)C)c2)C(C)CN1. The minimum atomic E-state index is -0.728. The molecule has 1 heterocycles. The van der Waals surface area contributed by atoms with E-state index in [1.54, 1.807) is 12.1 Å². The Bertz CT molecular complexity index is 646. The first-order valence-electron chi connectivity index (χ1n) is 8.70. The van der Waals surface area contributed by atoms with Crippen LogP contribution in [0.2, 0.25) is 0 Å². The van der Waals surface area contributed by atoms with E-state index in [0.29, 0.717) is 23.3 Å². The highest BCUT2D eigenvalue weighted by Crippen LogP contribution is 2.25. The van der Waals surface area contributed by atoms with Gasteiger partial charge in [-0.25, -0.2) is 0 Å². The predicted octanol–water partition coefficient (Wildman–Crippen LogP) is 0.695. The number of nitrogen functional groups attached to an aromatic ring is 1. The molecule has 1 aromatic rings. The second-order valence-electron chi connectivity index (χ2n) is 7.18. The third-order valence-corrected chi connectivity index (χ3v) is 4.64. The number of hydrogen-bond acceptors (Lipinski definition) is 5. The minimum absolute atomic E-state index is 0.0973. The van der Waals surface area contributed by atoms with Crippen molar-refractivity contribution in [3.8, 4) is 0 Å². The Balaban J connectivity index is 2.26. The van der Waals surface area contributed by atoms with E-state index in [1.807, 2.05) is 19.9 Å². The van der Waals surface area contributed by atoms with Gasteiger partial charge in [0, 0.05) is 36.5 Å². The van der Waals surface area contributed by atoms with Gasteiger partial charge in [-0.15, -0.1) is 0 Å². The second kappa shape index (κ2) is 7.74. The Labute approximate surface area is 149 Å². The van der Waals surface area contributed by atoms with Crippen LogP contribution in [0.4, 0.5) is 11.4 Å². The zero-order chi connectivity index (χ0) is 18.7. The summed E-state index contributed by atoms with van der Waals surface area (Å²) in [6, 6.07) is 5.40. The van der Waals surface area contributed by atoms with Crippen LogP contribution in [0.1, 0.15) is 38.1 Å². The zero-order valence-electron chi connectivity index (χ0n) is 15.4. The molecule has 1 aliphatic heterocycles. The van der Waals surface area contributed by atoms with Crippen LogP contribution >= 0.6 is 0 Å². The number of nitrogens with one attached hydrogen (secondary N) is 2. The van der Waals surface area contributed by atoms with E-state index in [9.17, 15) is 9.59 Å². The van der Waals surface area contributed by atoms with E-state index >= 15 is 0 Å². The number of amides is 2. The smallest absolute Gasteiger partial charge is 0.254 e. The molecule has 0 bridgehead atoms. The van der Waals surface area contributed by atoms with Gasteiger partial charge in [-0.05, 0) is 38.0 Å². The van der Waals surface area contributed by atoms with Crippen LogP contribution in [-0.2, 0) is 4.79 Å². The molecule has 0 saturated carbocycles. The monoisotopic (exact) mass is 347 g/mol. The maximum Gasteiger partial charge on any atom is 0.254 e. The molecule has 7 nitrogen and oxygen atoms in total. The van der Waals surface area contributed by atoms with Crippen LogP contribution in [0.3, 0.4) is 0 Å². The fraction of sp³-hybridized carbons (Fsp3) is 0.556. The summed E-state index contributed by atoms with van der Waals surface area (Å²) in [6.07, 6.45) is 0. The molecule has 0 radical (unpaired) electrons. The van der Waals surface area contributed by atoms with E-state index < -0.39 is 11.9 Å². The van der Waals surface area contributed by atoms with Crippen molar-refractivity contribution in [2.24, 2.45) is 11.7 Å². The first-order chi connectivity index (χ1) is 11.7. The molecule has 7 heteroatoms. The maximum absolute atomic E-state index is 12.6. The highest BCUT2D eigenvalue weighted by molar-refractivity contribution is 6.02. The molecule has 2 amide bonds. The standard InChI is InChI=1S/C18H29N5O2/c1-10(2)16(17(20)24)22-18(25)14-7-13(5-6-15(14)19)23-9-11(3)21-8-12(23)4/h5-7,10-12,16,21H,8-9,19H2,1-4H3,(H2,20,24)(H,22,25). The molecule has 25 heavy (non-hydrogen) atoms. The molecule has 1 aliphatic rings. The lowest BCUT2D eigenvalue weighted by Crippen LogP contribution is -2.54. The van der Waals surface area contributed by atoms with Gasteiger partial charge in [0.1, 0.15) is 6.04 Å². The molecule has 0 aromatic heterocycles. The molecule has 1 fully saturated rings. The van der Waals surface area contributed by atoms with E-state index in [4.69, 9.17) is 11.5 Å². The van der Waals surface area contributed by atoms with E-state index in [1.165, 1.54) is 0 Å². The topological polar surface area (TPSA) is 113 Å². The number of rotatable bonds is 5. The summed E-state index contributed by atoms with van der Waals surface area (Å²) in [7, 11) is 0. The zero-order valence-corrected chi connectivity index (χ0v) is 15.4. The Hall–Kier alpha value is -2.28. The third-order valence-electron chi connectivity index (χ3n) is 4.64. The fourth-order valence-electron chi connectivity index (χ4n) is 3.09. The van der Waals surface area contributed by atoms with Crippen molar-refractivity contribution in [2.75, 3.05) is 23.7 Å². The summed E-state index contributed by atoms with van der Waals surface area (Å²) >= 11 is 0. The number of nitrogens with two attached hydrogens (primary N) is 2. The summed E-state index contributed by atoms with van der Waals surface area (Å²) in [5, 5.41) is 6.13. The summed E-state index contributed by atoms with van der Waals surface area (Å²) < 4.78 is 0. The van der Waals surface area contributed by atoms with Crippen LogP contribution < -0.4 is 27.0 Å². The normalized spacial score (nSPS) is 21.9. The van der Waals surface area contributed by atoms with E-state index in [-0.39, 0.29) is 11.8 Å².